The van der Waals surface area contributed by atoms with Crippen molar-refractivity contribution in [2.24, 2.45) is 0 Å². The lowest BCUT2D eigenvalue weighted by atomic mass is 10.2. The van der Waals surface area contributed by atoms with Gasteiger partial charge in [0.05, 0.1) is 0 Å². The molecule has 1 aliphatic carbocycles. The number of rotatable bonds is 0. The van der Waals surface area contributed by atoms with Crippen LogP contribution in [-0.2, 0) is 0 Å². The largest absolute Gasteiger partial charge is 0.204 e. The van der Waals surface area contributed by atoms with Crippen LogP contribution in [0.1, 0.15) is 12.8 Å². The molecule has 1 aliphatic rings. The topological polar surface area (TPSA) is 0 Å². The molecular formula is C6H6F2. The first-order valence-electron chi connectivity index (χ1n) is 2.52. The summed E-state index contributed by atoms with van der Waals surface area (Å²) in [7, 11) is 0. The average molecular weight is 116 g/mol. The number of allylic oxidation sites excluding steroid dienone is 4. The first-order valence-corrected chi connectivity index (χ1v) is 2.52. The van der Waals surface area contributed by atoms with Crippen LogP contribution in [0, 0.1) is 0 Å². The molecule has 0 heterocycles. The molecule has 44 valence electrons. The highest BCUT2D eigenvalue weighted by atomic mass is 19.2. The third-order valence-electron chi connectivity index (χ3n) is 1.04. The number of hydrogen-bond donors (Lipinski definition) is 0. The van der Waals surface area contributed by atoms with E-state index in [1.807, 2.05) is 0 Å². The predicted octanol–water partition coefficient (Wildman–Crippen LogP) is 2.49. The second kappa shape index (κ2) is 2.07. The van der Waals surface area contributed by atoms with Gasteiger partial charge in [-0.1, -0.05) is 0 Å². The molecule has 0 aliphatic heterocycles. The molecule has 0 aromatic carbocycles. The molecule has 0 aromatic rings. The smallest absolute Gasteiger partial charge is 0.154 e. The molecule has 0 atom stereocenters. The van der Waals surface area contributed by atoms with Gasteiger partial charge in [0.1, 0.15) is 0 Å². The van der Waals surface area contributed by atoms with Crippen LogP contribution in [0.2, 0.25) is 0 Å². The van der Waals surface area contributed by atoms with Crippen LogP contribution in [0.25, 0.3) is 0 Å². The molecule has 0 radical (unpaired) electrons. The van der Waals surface area contributed by atoms with E-state index in [1.54, 1.807) is 0 Å². The molecule has 0 N–H and O–H groups in total. The Balaban J connectivity index is 2.73. The molecule has 0 saturated carbocycles. The Morgan fingerprint density at radius 3 is 1.62 bits per heavy atom. The molecule has 0 amide bonds. The van der Waals surface area contributed by atoms with Crippen LogP contribution in [-0.4, -0.2) is 0 Å². The van der Waals surface area contributed by atoms with Gasteiger partial charge >= 0.3 is 0 Å². The van der Waals surface area contributed by atoms with Gasteiger partial charge in [-0.3, -0.25) is 0 Å². The molecule has 0 unspecified atom stereocenters. The third kappa shape index (κ3) is 0.941. The fourth-order valence-electron chi connectivity index (χ4n) is 0.615. The zero-order chi connectivity index (χ0) is 5.98. The summed E-state index contributed by atoms with van der Waals surface area (Å²) in [6, 6.07) is 0. The summed E-state index contributed by atoms with van der Waals surface area (Å²) in [5.74, 6) is -1.42. The van der Waals surface area contributed by atoms with Crippen LogP contribution in [0.3, 0.4) is 0 Å². The summed E-state index contributed by atoms with van der Waals surface area (Å²) in [6.07, 6.45) is 3.77. The summed E-state index contributed by atoms with van der Waals surface area (Å²) in [4.78, 5) is 0. The van der Waals surface area contributed by atoms with E-state index >= 15 is 0 Å². The monoisotopic (exact) mass is 116 g/mol. The van der Waals surface area contributed by atoms with Crippen molar-refractivity contribution in [2.75, 3.05) is 0 Å². The quantitative estimate of drug-likeness (QED) is 0.456. The fourth-order valence-corrected chi connectivity index (χ4v) is 0.615. The van der Waals surface area contributed by atoms with Crippen molar-refractivity contribution in [3.8, 4) is 0 Å². The normalized spacial score (nSPS) is 19.8. The van der Waals surface area contributed by atoms with Gasteiger partial charge in [0.25, 0.3) is 0 Å². The molecular weight excluding hydrogens is 110 g/mol. The second-order valence-electron chi connectivity index (χ2n) is 1.68. The summed E-state index contributed by atoms with van der Waals surface area (Å²) in [5, 5.41) is 0. The molecule has 1 rings (SSSR count). The van der Waals surface area contributed by atoms with Gasteiger partial charge in [0, 0.05) is 0 Å². The molecule has 0 saturated heterocycles. The van der Waals surface area contributed by atoms with E-state index in [0.29, 0.717) is 12.8 Å². The molecule has 2 heteroatoms. The van der Waals surface area contributed by atoms with E-state index < -0.39 is 11.7 Å². The first-order chi connectivity index (χ1) is 3.80. The van der Waals surface area contributed by atoms with Crippen molar-refractivity contribution in [1.82, 2.24) is 0 Å². The molecule has 0 spiro atoms. The Hall–Kier alpha value is -0.660. The van der Waals surface area contributed by atoms with Crippen molar-refractivity contribution < 1.29 is 8.78 Å². The van der Waals surface area contributed by atoms with E-state index in [4.69, 9.17) is 0 Å². The highest BCUT2D eigenvalue weighted by molar-refractivity contribution is 5.21. The zero-order valence-electron chi connectivity index (χ0n) is 4.32. The first kappa shape index (κ1) is 5.48. The highest BCUT2D eigenvalue weighted by Crippen LogP contribution is 2.19. The van der Waals surface area contributed by atoms with Gasteiger partial charge in [-0.15, -0.1) is 0 Å². The van der Waals surface area contributed by atoms with Gasteiger partial charge in [0.15, 0.2) is 11.7 Å². The SMILES string of the molecule is FC1=CCCC=C1F. The van der Waals surface area contributed by atoms with Crippen LogP contribution < -0.4 is 0 Å². The van der Waals surface area contributed by atoms with Crippen LogP contribution in [0.15, 0.2) is 23.8 Å². The lowest BCUT2D eigenvalue weighted by molar-refractivity contribution is 0.530. The van der Waals surface area contributed by atoms with Gasteiger partial charge in [-0.2, -0.15) is 0 Å². The Morgan fingerprint density at radius 2 is 1.38 bits per heavy atom. The molecule has 0 nitrogen and oxygen atoms in total. The minimum atomic E-state index is -0.712. The summed E-state index contributed by atoms with van der Waals surface area (Å²) >= 11 is 0. The Kier molecular flexibility index (Phi) is 1.42. The minimum Gasteiger partial charge on any atom is -0.204 e. The predicted molar refractivity (Wildman–Crippen MR) is 27.6 cm³/mol. The minimum absolute atomic E-state index is 0.624. The molecule has 8 heavy (non-hydrogen) atoms. The zero-order valence-corrected chi connectivity index (χ0v) is 4.32. The number of hydrogen-bond acceptors (Lipinski definition) is 0. The maximum atomic E-state index is 12.0. The van der Waals surface area contributed by atoms with Gasteiger partial charge in [-0.05, 0) is 25.0 Å². The van der Waals surface area contributed by atoms with Crippen LogP contribution in [0.4, 0.5) is 8.78 Å². The molecule has 0 fully saturated rings. The fraction of sp³-hybridized carbons (Fsp3) is 0.333. The van der Waals surface area contributed by atoms with Crippen LogP contribution in [0.5, 0.6) is 0 Å². The van der Waals surface area contributed by atoms with E-state index in [1.165, 1.54) is 12.2 Å². The van der Waals surface area contributed by atoms with E-state index in [0.717, 1.165) is 0 Å². The summed E-state index contributed by atoms with van der Waals surface area (Å²) < 4.78 is 24.0. The highest BCUT2D eigenvalue weighted by Gasteiger charge is 2.04. The lowest BCUT2D eigenvalue weighted by Crippen LogP contribution is -1.82. The van der Waals surface area contributed by atoms with E-state index in [2.05, 4.69) is 0 Å². The van der Waals surface area contributed by atoms with Crippen molar-refractivity contribution in [1.29, 1.82) is 0 Å². The maximum Gasteiger partial charge on any atom is 0.154 e. The Labute approximate surface area is 46.5 Å². The molecule has 0 bridgehead atoms. The van der Waals surface area contributed by atoms with Crippen molar-refractivity contribution >= 4 is 0 Å². The standard InChI is InChI=1S/C6H6F2/c7-5-3-1-2-4-6(5)8/h3-4H,1-2H2. The van der Waals surface area contributed by atoms with Crippen molar-refractivity contribution in [3.63, 3.8) is 0 Å². The van der Waals surface area contributed by atoms with E-state index in [-0.39, 0.29) is 0 Å². The maximum absolute atomic E-state index is 12.0. The average Bonchev–Trinajstić information content (AvgIpc) is 1.77. The van der Waals surface area contributed by atoms with Crippen molar-refractivity contribution in [2.45, 2.75) is 12.8 Å². The second-order valence-corrected chi connectivity index (χ2v) is 1.68. The molecule has 0 aromatic heterocycles. The summed E-state index contributed by atoms with van der Waals surface area (Å²) in [5.41, 5.74) is 0. The Bertz CT molecular complexity index is 127. The van der Waals surface area contributed by atoms with E-state index in [9.17, 15) is 8.78 Å². The Morgan fingerprint density at radius 1 is 1.00 bits per heavy atom. The third-order valence-corrected chi connectivity index (χ3v) is 1.04. The van der Waals surface area contributed by atoms with Gasteiger partial charge in [-0.25, -0.2) is 8.78 Å². The van der Waals surface area contributed by atoms with Crippen molar-refractivity contribution in [3.05, 3.63) is 23.8 Å². The van der Waals surface area contributed by atoms with Gasteiger partial charge in [0.2, 0.25) is 0 Å². The number of halogens is 2. The summed E-state index contributed by atoms with van der Waals surface area (Å²) in [6.45, 7) is 0. The lowest BCUT2D eigenvalue weighted by Gasteiger charge is -1.98. The van der Waals surface area contributed by atoms with Crippen LogP contribution >= 0.6 is 0 Å². The van der Waals surface area contributed by atoms with Gasteiger partial charge < -0.3 is 0 Å².